The minimum Gasteiger partial charge on any atom is -0.471 e. The zero-order valence-corrected chi connectivity index (χ0v) is 11.5. The summed E-state index contributed by atoms with van der Waals surface area (Å²) in [5, 5.41) is 8.89. The van der Waals surface area contributed by atoms with Gasteiger partial charge in [-0.05, 0) is 12.1 Å². The van der Waals surface area contributed by atoms with Crippen LogP contribution >= 0.6 is 0 Å². The lowest BCUT2D eigenvalue weighted by molar-refractivity contribution is 0.0685. The highest BCUT2D eigenvalue weighted by Crippen LogP contribution is 2.21. The van der Waals surface area contributed by atoms with Gasteiger partial charge in [-0.25, -0.2) is 4.98 Å². The molecule has 0 atom stereocenters. The molecule has 0 aliphatic carbocycles. The number of nitriles is 1. The van der Waals surface area contributed by atoms with Gasteiger partial charge >= 0.3 is 0 Å². The van der Waals surface area contributed by atoms with Gasteiger partial charge in [0, 0.05) is 20.3 Å². The molecule has 1 fully saturated rings. The molecule has 1 aliphatic rings. The standard InChI is InChI=1S/C11H14N4O3S/c1-14(2)19(16,17)15-7-10(8-15)18-11-9(6-12)4-3-5-13-11/h3-5,10H,7-8H2,1-2H3. The van der Waals surface area contributed by atoms with Crippen LogP contribution < -0.4 is 4.74 Å². The molecule has 7 nitrogen and oxygen atoms in total. The smallest absolute Gasteiger partial charge is 0.281 e. The van der Waals surface area contributed by atoms with Crippen molar-refractivity contribution in [2.75, 3.05) is 27.2 Å². The van der Waals surface area contributed by atoms with Gasteiger partial charge < -0.3 is 4.74 Å². The third kappa shape index (κ3) is 2.68. The maximum absolute atomic E-state index is 11.8. The first-order valence-corrected chi connectivity index (χ1v) is 7.04. The van der Waals surface area contributed by atoms with E-state index in [4.69, 9.17) is 10.00 Å². The van der Waals surface area contributed by atoms with Crippen LogP contribution in [0.25, 0.3) is 0 Å². The second-order valence-electron chi connectivity index (χ2n) is 4.31. The topological polar surface area (TPSA) is 86.5 Å². The number of hydrogen-bond donors (Lipinski definition) is 0. The third-order valence-corrected chi connectivity index (χ3v) is 4.65. The van der Waals surface area contributed by atoms with Gasteiger partial charge in [-0.1, -0.05) is 0 Å². The Morgan fingerprint density at radius 2 is 2.21 bits per heavy atom. The highest BCUT2D eigenvalue weighted by molar-refractivity contribution is 7.86. The van der Waals surface area contributed by atoms with Crippen molar-refractivity contribution in [2.24, 2.45) is 0 Å². The molecular weight excluding hydrogens is 268 g/mol. The Morgan fingerprint density at radius 3 is 2.79 bits per heavy atom. The lowest BCUT2D eigenvalue weighted by Gasteiger charge is -2.38. The zero-order chi connectivity index (χ0) is 14.0. The van der Waals surface area contributed by atoms with E-state index in [1.165, 1.54) is 24.6 Å². The molecule has 0 unspecified atom stereocenters. The van der Waals surface area contributed by atoms with Crippen LogP contribution in [0, 0.1) is 11.3 Å². The Kier molecular flexibility index (Phi) is 3.71. The van der Waals surface area contributed by atoms with Gasteiger partial charge in [-0.3, -0.25) is 0 Å². The van der Waals surface area contributed by atoms with Crippen molar-refractivity contribution >= 4 is 10.2 Å². The van der Waals surface area contributed by atoms with Crippen molar-refractivity contribution in [3.63, 3.8) is 0 Å². The lowest BCUT2D eigenvalue weighted by atomic mass is 10.2. The van der Waals surface area contributed by atoms with E-state index in [0.29, 0.717) is 5.56 Å². The molecule has 19 heavy (non-hydrogen) atoms. The summed E-state index contributed by atoms with van der Waals surface area (Å²) in [6.45, 7) is 0.532. The summed E-state index contributed by atoms with van der Waals surface area (Å²) >= 11 is 0. The summed E-state index contributed by atoms with van der Waals surface area (Å²) in [6.07, 6.45) is 1.26. The third-order valence-electron chi connectivity index (χ3n) is 2.77. The summed E-state index contributed by atoms with van der Waals surface area (Å²) in [5.41, 5.74) is 0.344. The Hall–Kier alpha value is -1.69. The molecule has 2 rings (SSSR count). The van der Waals surface area contributed by atoms with Crippen molar-refractivity contribution in [1.29, 1.82) is 5.26 Å². The summed E-state index contributed by atoms with van der Waals surface area (Å²) in [7, 11) is -0.415. The normalized spacial score (nSPS) is 16.9. The Labute approximate surface area is 112 Å². The summed E-state index contributed by atoms with van der Waals surface area (Å²) < 4.78 is 31.5. The number of aromatic nitrogens is 1. The molecule has 0 amide bonds. The molecule has 1 aromatic rings. The molecule has 0 N–H and O–H groups in total. The summed E-state index contributed by atoms with van der Waals surface area (Å²) in [6, 6.07) is 5.24. The molecule has 0 saturated carbocycles. The van der Waals surface area contributed by atoms with Crippen LogP contribution in [0.2, 0.25) is 0 Å². The first kappa shape index (κ1) is 13.7. The fourth-order valence-corrected chi connectivity index (χ4v) is 2.79. The second kappa shape index (κ2) is 5.13. The van der Waals surface area contributed by atoms with Crippen molar-refractivity contribution in [3.05, 3.63) is 23.9 Å². The molecule has 0 bridgehead atoms. The van der Waals surface area contributed by atoms with E-state index in [0.717, 1.165) is 4.31 Å². The Morgan fingerprint density at radius 1 is 1.53 bits per heavy atom. The summed E-state index contributed by atoms with van der Waals surface area (Å²) in [4.78, 5) is 3.97. The molecule has 0 spiro atoms. The number of rotatable bonds is 4. The van der Waals surface area contributed by atoms with Crippen molar-refractivity contribution < 1.29 is 13.2 Å². The molecule has 1 saturated heterocycles. The molecule has 0 aromatic carbocycles. The van der Waals surface area contributed by atoms with Crippen LogP contribution in [0.5, 0.6) is 5.88 Å². The van der Waals surface area contributed by atoms with Gasteiger partial charge in [0.2, 0.25) is 5.88 Å². The van der Waals surface area contributed by atoms with Crippen LogP contribution in [-0.2, 0) is 10.2 Å². The molecule has 102 valence electrons. The van der Waals surface area contributed by atoms with Gasteiger partial charge in [0.05, 0.1) is 13.1 Å². The fourth-order valence-electron chi connectivity index (χ4n) is 1.62. The number of hydrogen-bond acceptors (Lipinski definition) is 5. The van der Waals surface area contributed by atoms with Crippen molar-refractivity contribution in [3.8, 4) is 11.9 Å². The quantitative estimate of drug-likeness (QED) is 0.764. The monoisotopic (exact) mass is 282 g/mol. The predicted molar refractivity (Wildman–Crippen MR) is 67.5 cm³/mol. The van der Waals surface area contributed by atoms with Crippen molar-refractivity contribution in [1.82, 2.24) is 13.6 Å². The van der Waals surface area contributed by atoms with Crippen LogP contribution in [0.15, 0.2) is 18.3 Å². The Balaban J connectivity index is 1.98. The average molecular weight is 282 g/mol. The maximum Gasteiger partial charge on any atom is 0.281 e. The molecule has 1 aliphatic heterocycles. The maximum atomic E-state index is 11.8. The number of ether oxygens (including phenoxy) is 1. The average Bonchev–Trinajstić information content (AvgIpc) is 2.33. The molecule has 8 heteroatoms. The largest absolute Gasteiger partial charge is 0.471 e. The fraction of sp³-hybridized carbons (Fsp3) is 0.455. The second-order valence-corrected chi connectivity index (χ2v) is 6.46. The van der Waals surface area contributed by atoms with Crippen LogP contribution in [0.1, 0.15) is 5.56 Å². The van der Waals surface area contributed by atoms with Crippen LogP contribution in [0.4, 0.5) is 0 Å². The molecule has 2 heterocycles. The zero-order valence-electron chi connectivity index (χ0n) is 10.6. The minimum absolute atomic E-state index is 0.247. The Bertz CT molecular complexity index is 603. The van der Waals surface area contributed by atoms with E-state index in [1.54, 1.807) is 12.1 Å². The first-order chi connectivity index (χ1) is 8.95. The highest BCUT2D eigenvalue weighted by Gasteiger charge is 2.38. The van der Waals surface area contributed by atoms with E-state index in [1.807, 2.05) is 6.07 Å². The minimum atomic E-state index is -3.38. The lowest BCUT2D eigenvalue weighted by Crippen LogP contribution is -2.58. The summed E-state index contributed by atoms with van der Waals surface area (Å²) in [5.74, 6) is 0.247. The van der Waals surface area contributed by atoms with Crippen LogP contribution in [-0.4, -0.2) is 55.3 Å². The van der Waals surface area contributed by atoms with Gasteiger partial charge in [0.15, 0.2) is 0 Å². The number of pyridine rings is 1. The molecular formula is C11H14N4O3S. The van der Waals surface area contributed by atoms with E-state index in [-0.39, 0.29) is 25.1 Å². The SMILES string of the molecule is CN(C)S(=O)(=O)N1CC(Oc2ncccc2C#N)C1. The van der Waals surface area contributed by atoms with Gasteiger partial charge in [0.1, 0.15) is 17.7 Å². The molecule has 1 aromatic heterocycles. The van der Waals surface area contributed by atoms with E-state index >= 15 is 0 Å². The van der Waals surface area contributed by atoms with Gasteiger partial charge in [-0.2, -0.15) is 22.3 Å². The van der Waals surface area contributed by atoms with E-state index in [9.17, 15) is 8.42 Å². The van der Waals surface area contributed by atoms with Gasteiger partial charge in [-0.15, -0.1) is 0 Å². The number of nitrogens with zero attached hydrogens (tertiary/aromatic N) is 4. The molecule has 0 radical (unpaired) electrons. The van der Waals surface area contributed by atoms with Crippen LogP contribution in [0.3, 0.4) is 0 Å². The highest BCUT2D eigenvalue weighted by atomic mass is 32.2. The van der Waals surface area contributed by atoms with E-state index in [2.05, 4.69) is 4.98 Å². The predicted octanol–water partition coefficient (Wildman–Crippen LogP) is -0.177. The first-order valence-electron chi connectivity index (χ1n) is 5.64. The van der Waals surface area contributed by atoms with Gasteiger partial charge in [0.25, 0.3) is 10.2 Å². The van der Waals surface area contributed by atoms with Crippen molar-refractivity contribution in [2.45, 2.75) is 6.10 Å². The van der Waals surface area contributed by atoms with E-state index < -0.39 is 10.2 Å².